The fraction of sp³-hybridized carbons (Fsp3) is 0.333. The second-order valence-electron chi connectivity index (χ2n) is 5.83. The molecule has 3 heteroatoms. The lowest BCUT2D eigenvalue weighted by Crippen LogP contribution is -2.41. The van der Waals surface area contributed by atoms with Crippen molar-refractivity contribution in [2.75, 3.05) is 0 Å². The van der Waals surface area contributed by atoms with Gasteiger partial charge in [0.1, 0.15) is 0 Å². The molecule has 1 nitrogen and oxygen atoms in total. The van der Waals surface area contributed by atoms with Crippen molar-refractivity contribution in [3.63, 3.8) is 0 Å². The first kappa shape index (κ1) is 15.1. The third kappa shape index (κ3) is 3.50. The number of hydrogen-bond donors (Lipinski definition) is 1. The maximum Gasteiger partial charge on any atom is 0.0440 e. The van der Waals surface area contributed by atoms with E-state index in [-0.39, 0.29) is 0 Å². The van der Waals surface area contributed by atoms with Crippen LogP contribution in [0.25, 0.3) is 0 Å². The van der Waals surface area contributed by atoms with Crippen LogP contribution in [0.15, 0.2) is 53.0 Å². The van der Waals surface area contributed by atoms with E-state index in [9.17, 15) is 0 Å². The molecule has 1 atom stereocenters. The summed E-state index contributed by atoms with van der Waals surface area (Å²) in [5.41, 5.74) is 2.63. The minimum Gasteiger partial charge on any atom is -0.307 e. The average Bonchev–Trinajstić information content (AvgIpc) is 2.44. The van der Waals surface area contributed by atoms with Gasteiger partial charge in [0.2, 0.25) is 0 Å². The molecule has 1 fully saturated rings. The lowest BCUT2D eigenvalue weighted by Gasteiger charge is -2.38. The first-order chi connectivity index (χ1) is 10.1. The Morgan fingerprint density at radius 2 is 1.76 bits per heavy atom. The Bertz CT molecular complexity index is 605. The largest absolute Gasteiger partial charge is 0.307 e. The zero-order valence-corrected chi connectivity index (χ0v) is 14.4. The predicted octanol–water partition coefficient (Wildman–Crippen LogP) is 5.70. The minimum atomic E-state index is 0.385. The van der Waals surface area contributed by atoms with Gasteiger partial charge in [-0.15, -0.1) is 0 Å². The van der Waals surface area contributed by atoms with Crippen LogP contribution in [0.1, 0.15) is 42.9 Å². The molecular formula is C18H19BrClN. The van der Waals surface area contributed by atoms with Gasteiger partial charge >= 0.3 is 0 Å². The van der Waals surface area contributed by atoms with Gasteiger partial charge in [-0.25, -0.2) is 0 Å². The Morgan fingerprint density at radius 3 is 2.43 bits per heavy atom. The fourth-order valence-corrected chi connectivity index (χ4v) is 3.57. The zero-order valence-electron chi connectivity index (χ0n) is 12.0. The highest BCUT2D eigenvalue weighted by Gasteiger charge is 2.32. The van der Waals surface area contributed by atoms with Crippen molar-refractivity contribution in [1.82, 2.24) is 5.32 Å². The average molecular weight is 365 g/mol. The molecule has 0 radical (unpaired) electrons. The third-order valence-corrected chi connectivity index (χ3v) is 5.21. The van der Waals surface area contributed by atoms with Gasteiger partial charge in [-0.1, -0.05) is 57.9 Å². The zero-order chi connectivity index (χ0) is 14.8. The second kappa shape index (κ2) is 6.51. The predicted molar refractivity (Wildman–Crippen MR) is 92.9 cm³/mol. The van der Waals surface area contributed by atoms with Gasteiger partial charge < -0.3 is 5.32 Å². The van der Waals surface area contributed by atoms with Crippen LogP contribution in [0.3, 0.4) is 0 Å². The molecule has 0 bridgehead atoms. The van der Waals surface area contributed by atoms with E-state index in [4.69, 9.17) is 11.6 Å². The molecule has 2 aromatic carbocycles. The van der Waals surface area contributed by atoms with Crippen molar-refractivity contribution in [2.45, 2.75) is 37.8 Å². The standard InChI is InChI=1S/C18H19BrClN/c1-12(13-6-8-15(19)9-7-13)21-16-10-14(11-16)17-4-2-3-5-18(17)20/h2-9,12,14,16,21H,10-11H2,1H3/t12-,14?,16?/m0/s1. The molecule has 0 unspecified atom stereocenters. The summed E-state index contributed by atoms with van der Waals surface area (Å²) in [5, 5.41) is 4.62. The Kier molecular flexibility index (Phi) is 4.68. The number of nitrogens with one attached hydrogen (secondary N) is 1. The van der Waals surface area contributed by atoms with E-state index in [0.717, 1.165) is 9.50 Å². The van der Waals surface area contributed by atoms with Gasteiger partial charge in [0, 0.05) is 21.6 Å². The van der Waals surface area contributed by atoms with E-state index >= 15 is 0 Å². The maximum absolute atomic E-state index is 6.27. The van der Waals surface area contributed by atoms with Crippen molar-refractivity contribution < 1.29 is 0 Å². The molecule has 0 amide bonds. The summed E-state index contributed by atoms with van der Waals surface area (Å²) in [6.45, 7) is 2.23. The Balaban J connectivity index is 1.55. The van der Waals surface area contributed by atoms with Crippen LogP contribution in [0.4, 0.5) is 0 Å². The van der Waals surface area contributed by atoms with E-state index in [1.54, 1.807) is 0 Å². The van der Waals surface area contributed by atoms with E-state index in [2.05, 4.69) is 64.6 Å². The van der Waals surface area contributed by atoms with Gasteiger partial charge in [0.25, 0.3) is 0 Å². The number of hydrogen-bond acceptors (Lipinski definition) is 1. The molecule has 1 N–H and O–H groups in total. The smallest absolute Gasteiger partial charge is 0.0440 e. The van der Waals surface area contributed by atoms with Crippen molar-refractivity contribution in [3.8, 4) is 0 Å². The first-order valence-electron chi connectivity index (χ1n) is 7.39. The molecule has 1 aliphatic rings. The minimum absolute atomic E-state index is 0.385. The third-order valence-electron chi connectivity index (χ3n) is 4.34. The fourth-order valence-electron chi connectivity index (χ4n) is 3.02. The van der Waals surface area contributed by atoms with Crippen LogP contribution in [-0.2, 0) is 0 Å². The molecule has 0 heterocycles. The van der Waals surface area contributed by atoms with Crippen molar-refractivity contribution in [2.24, 2.45) is 0 Å². The molecule has 0 spiro atoms. The highest BCUT2D eigenvalue weighted by Crippen LogP contribution is 2.40. The lowest BCUT2D eigenvalue weighted by atomic mass is 9.75. The number of rotatable bonds is 4. The molecule has 3 rings (SSSR count). The monoisotopic (exact) mass is 363 g/mol. The summed E-state index contributed by atoms with van der Waals surface area (Å²) < 4.78 is 1.13. The van der Waals surface area contributed by atoms with Gasteiger partial charge in [-0.2, -0.15) is 0 Å². The molecule has 1 aliphatic carbocycles. The normalized spacial score (nSPS) is 22.6. The summed E-state index contributed by atoms with van der Waals surface area (Å²) in [6.07, 6.45) is 2.34. The van der Waals surface area contributed by atoms with Crippen LogP contribution in [0.2, 0.25) is 5.02 Å². The molecule has 0 aromatic heterocycles. The summed E-state index contributed by atoms with van der Waals surface area (Å²) in [5.74, 6) is 0.605. The van der Waals surface area contributed by atoms with Gasteiger partial charge in [0.05, 0.1) is 0 Å². The second-order valence-corrected chi connectivity index (χ2v) is 7.15. The topological polar surface area (TPSA) is 12.0 Å². The molecule has 110 valence electrons. The van der Waals surface area contributed by atoms with Crippen molar-refractivity contribution in [3.05, 3.63) is 69.2 Å². The van der Waals surface area contributed by atoms with Crippen LogP contribution < -0.4 is 5.32 Å². The van der Waals surface area contributed by atoms with Gasteiger partial charge in [0.15, 0.2) is 0 Å². The quantitative estimate of drug-likeness (QED) is 0.734. The maximum atomic E-state index is 6.27. The van der Waals surface area contributed by atoms with Crippen LogP contribution in [0, 0.1) is 0 Å². The van der Waals surface area contributed by atoms with E-state index < -0.39 is 0 Å². The number of benzene rings is 2. The molecular weight excluding hydrogens is 346 g/mol. The van der Waals surface area contributed by atoms with E-state index in [0.29, 0.717) is 18.0 Å². The Hall–Kier alpha value is -0.830. The Labute approximate surface area is 139 Å². The summed E-state index contributed by atoms with van der Waals surface area (Å²) in [7, 11) is 0. The van der Waals surface area contributed by atoms with Gasteiger partial charge in [-0.05, 0) is 55.0 Å². The van der Waals surface area contributed by atoms with Crippen molar-refractivity contribution >= 4 is 27.5 Å². The first-order valence-corrected chi connectivity index (χ1v) is 8.56. The summed E-state index contributed by atoms with van der Waals surface area (Å²) in [6, 6.07) is 17.7. The van der Waals surface area contributed by atoms with E-state index in [1.807, 2.05) is 12.1 Å². The van der Waals surface area contributed by atoms with E-state index in [1.165, 1.54) is 24.0 Å². The molecule has 21 heavy (non-hydrogen) atoms. The van der Waals surface area contributed by atoms with Crippen LogP contribution in [-0.4, -0.2) is 6.04 Å². The highest BCUT2D eigenvalue weighted by atomic mass is 79.9. The lowest BCUT2D eigenvalue weighted by molar-refractivity contribution is 0.271. The SMILES string of the molecule is C[C@H](NC1CC(c2ccccc2Cl)C1)c1ccc(Br)cc1. The van der Waals surface area contributed by atoms with Crippen LogP contribution in [0.5, 0.6) is 0 Å². The van der Waals surface area contributed by atoms with Crippen molar-refractivity contribution in [1.29, 1.82) is 0 Å². The van der Waals surface area contributed by atoms with Crippen LogP contribution >= 0.6 is 27.5 Å². The molecule has 0 aliphatic heterocycles. The molecule has 2 aromatic rings. The Morgan fingerprint density at radius 1 is 1.10 bits per heavy atom. The summed E-state index contributed by atoms with van der Waals surface area (Å²) >= 11 is 9.75. The highest BCUT2D eigenvalue weighted by molar-refractivity contribution is 9.10. The molecule has 1 saturated carbocycles. The number of halogens is 2. The van der Waals surface area contributed by atoms with Gasteiger partial charge in [-0.3, -0.25) is 0 Å². The summed E-state index contributed by atoms with van der Waals surface area (Å²) in [4.78, 5) is 0. The molecule has 0 saturated heterocycles.